The summed E-state index contributed by atoms with van der Waals surface area (Å²) in [7, 11) is 0. The van der Waals surface area contributed by atoms with E-state index in [0.717, 1.165) is 47.8 Å². The van der Waals surface area contributed by atoms with Crippen molar-refractivity contribution in [3.63, 3.8) is 0 Å². The Bertz CT molecular complexity index is 964. The molecule has 4 rings (SSSR count). The van der Waals surface area contributed by atoms with E-state index in [4.69, 9.17) is 0 Å². The molecular formula is C20H22N4O2S. The van der Waals surface area contributed by atoms with E-state index >= 15 is 0 Å². The van der Waals surface area contributed by atoms with Gasteiger partial charge < -0.3 is 5.32 Å². The zero-order valence-electron chi connectivity index (χ0n) is 15.2. The predicted molar refractivity (Wildman–Crippen MR) is 109 cm³/mol. The van der Waals surface area contributed by atoms with E-state index in [1.807, 2.05) is 0 Å². The Kier molecular flexibility index (Phi) is 5.05. The van der Waals surface area contributed by atoms with E-state index in [1.54, 1.807) is 12.1 Å². The first-order valence-corrected chi connectivity index (χ1v) is 9.98. The lowest BCUT2D eigenvalue weighted by molar-refractivity contribution is -0.384. The molecule has 6 nitrogen and oxygen atoms in total. The van der Waals surface area contributed by atoms with Crippen LogP contribution in [0.25, 0.3) is 10.2 Å². The number of thiazole rings is 1. The third-order valence-electron chi connectivity index (χ3n) is 5.15. The topological polar surface area (TPSA) is 71.3 Å². The second-order valence-corrected chi connectivity index (χ2v) is 8.08. The van der Waals surface area contributed by atoms with Gasteiger partial charge in [-0.1, -0.05) is 35.6 Å². The van der Waals surface area contributed by atoms with Crippen molar-refractivity contribution in [2.24, 2.45) is 0 Å². The summed E-state index contributed by atoms with van der Waals surface area (Å²) in [5, 5.41) is 15.3. The van der Waals surface area contributed by atoms with Gasteiger partial charge in [-0.05, 0) is 37.0 Å². The number of aryl methyl sites for hydroxylation is 1. The molecule has 140 valence electrons. The lowest BCUT2D eigenvalue weighted by Gasteiger charge is -2.32. The van der Waals surface area contributed by atoms with Gasteiger partial charge in [-0.2, -0.15) is 0 Å². The molecule has 0 spiro atoms. The minimum atomic E-state index is -0.365. The molecule has 2 aromatic carbocycles. The van der Waals surface area contributed by atoms with E-state index in [-0.39, 0.29) is 10.6 Å². The highest BCUT2D eigenvalue weighted by atomic mass is 32.1. The van der Waals surface area contributed by atoms with Crippen molar-refractivity contribution in [2.75, 3.05) is 18.4 Å². The van der Waals surface area contributed by atoms with Crippen LogP contribution < -0.4 is 5.32 Å². The lowest BCUT2D eigenvalue weighted by Crippen LogP contribution is -2.38. The van der Waals surface area contributed by atoms with Crippen LogP contribution in [0.4, 0.5) is 10.8 Å². The van der Waals surface area contributed by atoms with Crippen LogP contribution >= 0.6 is 11.3 Å². The quantitative estimate of drug-likeness (QED) is 0.516. The largest absolute Gasteiger partial charge is 0.359 e. The number of non-ortho nitro benzene ring substituents is 1. The van der Waals surface area contributed by atoms with Crippen LogP contribution in [0.1, 0.15) is 24.0 Å². The first kappa shape index (κ1) is 17.9. The second-order valence-electron chi connectivity index (χ2n) is 7.05. The van der Waals surface area contributed by atoms with Gasteiger partial charge >= 0.3 is 0 Å². The van der Waals surface area contributed by atoms with Gasteiger partial charge in [0, 0.05) is 37.8 Å². The van der Waals surface area contributed by atoms with Gasteiger partial charge in [0.05, 0.1) is 15.1 Å². The van der Waals surface area contributed by atoms with Gasteiger partial charge in [0.1, 0.15) is 0 Å². The summed E-state index contributed by atoms with van der Waals surface area (Å²) in [6.07, 6.45) is 2.14. The normalized spacial score (nSPS) is 15.9. The summed E-state index contributed by atoms with van der Waals surface area (Å²) in [6, 6.07) is 13.8. The summed E-state index contributed by atoms with van der Waals surface area (Å²) in [4.78, 5) is 17.6. The molecule has 1 aliphatic rings. The van der Waals surface area contributed by atoms with E-state index < -0.39 is 0 Å². The average Bonchev–Trinajstić information content (AvgIpc) is 3.06. The number of rotatable bonds is 5. The number of hydrogen-bond donors (Lipinski definition) is 1. The highest BCUT2D eigenvalue weighted by molar-refractivity contribution is 7.22. The number of aromatic nitrogens is 1. The van der Waals surface area contributed by atoms with Crippen molar-refractivity contribution in [2.45, 2.75) is 32.4 Å². The van der Waals surface area contributed by atoms with Crippen molar-refractivity contribution in [1.29, 1.82) is 0 Å². The molecule has 0 saturated carbocycles. The minimum absolute atomic E-state index is 0.113. The van der Waals surface area contributed by atoms with Crippen molar-refractivity contribution < 1.29 is 4.92 Å². The van der Waals surface area contributed by atoms with E-state index in [0.29, 0.717) is 6.04 Å². The molecule has 0 bridgehead atoms. The smallest absolute Gasteiger partial charge is 0.270 e. The van der Waals surface area contributed by atoms with Crippen molar-refractivity contribution in [3.05, 3.63) is 63.7 Å². The number of benzene rings is 2. The Labute approximate surface area is 162 Å². The first-order valence-electron chi connectivity index (χ1n) is 9.17. The molecule has 7 heteroatoms. The number of hydrogen-bond acceptors (Lipinski definition) is 6. The predicted octanol–water partition coefficient (Wildman–Crippen LogP) is 4.59. The van der Waals surface area contributed by atoms with Crippen LogP contribution in [0.3, 0.4) is 0 Å². The zero-order valence-corrected chi connectivity index (χ0v) is 16.0. The number of nitrogens with one attached hydrogen (secondary N) is 1. The van der Waals surface area contributed by atoms with Gasteiger partial charge in [-0.3, -0.25) is 15.0 Å². The number of anilines is 1. The van der Waals surface area contributed by atoms with Crippen molar-refractivity contribution >= 4 is 32.4 Å². The number of nitro groups is 1. The summed E-state index contributed by atoms with van der Waals surface area (Å²) in [6.45, 7) is 5.29. The fourth-order valence-corrected chi connectivity index (χ4v) is 4.50. The maximum atomic E-state index is 10.9. The van der Waals surface area contributed by atoms with Crippen molar-refractivity contribution in [3.8, 4) is 0 Å². The molecule has 27 heavy (non-hydrogen) atoms. The van der Waals surface area contributed by atoms with Crippen LogP contribution in [0, 0.1) is 17.0 Å². The number of nitrogens with zero attached hydrogens (tertiary/aromatic N) is 3. The molecule has 0 aliphatic carbocycles. The maximum Gasteiger partial charge on any atom is 0.270 e. The Morgan fingerprint density at radius 1 is 1.26 bits per heavy atom. The molecule has 3 aromatic rings. The molecule has 2 heterocycles. The standard InChI is InChI=1S/C20H22N4O2S/c1-14-4-2-3-5-15(14)13-23-10-8-16(9-11-23)21-20-22-18-7-6-17(24(25)26)12-19(18)27-20/h2-7,12,16H,8-11,13H2,1H3,(H,21,22). The summed E-state index contributed by atoms with van der Waals surface area (Å²) < 4.78 is 0.851. The molecule has 1 saturated heterocycles. The zero-order chi connectivity index (χ0) is 18.8. The number of nitro benzene ring substituents is 1. The highest BCUT2D eigenvalue weighted by Crippen LogP contribution is 2.30. The SMILES string of the molecule is Cc1ccccc1CN1CCC(Nc2nc3ccc([N+](=O)[O-])cc3s2)CC1. The van der Waals surface area contributed by atoms with Crippen LogP contribution in [-0.4, -0.2) is 33.9 Å². The van der Waals surface area contributed by atoms with Crippen molar-refractivity contribution in [1.82, 2.24) is 9.88 Å². The molecule has 0 unspecified atom stereocenters. The molecular weight excluding hydrogens is 360 g/mol. The van der Waals surface area contributed by atoms with Crippen LogP contribution in [0.2, 0.25) is 0 Å². The molecule has 0 amide bonds. The molecule has 1 N–H and O–H groups in total. The molecule has 1 fully saturated rings. The van der Waals surface area contributed by atoms with Gasteiger partial charge in [0.25, 0.3) is 5.69 Å². The van der Waals surface area contributed by atoms with E-state index in [9.17, 15) is 10.1 Å². The van der Waals surface area contributed by atoms with Crippen LogP contribution in [0.5, 0.6) is 0 Å². The second kappa shape index (κ2) is 7.62. The van der Waals surface area contributed by atoms with Gasteiger partial charge in [0.2, 0.25) is 0 Å². The Balaban J connectivity index is 1.36. The average molecular weight is 382 g/mol. The molecule has 1 aromatic heterocycles. The van der Waals surface area contributed by atoms with Crippen LogP contribution in [0.15, 0.2) is 42.5 Å². The van der Waals surface area contributed by atoms with E-state index in [1.165, 1.54) is 28.5 Å². The number of piperidine rings is 1. The van der Waals surface area contributed by atoms with Gasteiger partial charge in [0.15, 0.2) is 5.13 Å². The number of likely N-dealkylation sites (tertiary alicyclic amines) is 1. The lowest BCUT2D eigenvalue weighted by atomic mass is 10.0. The highest BCUT2D eigenvalue weighted by Gasteiger charge is 2.21. The van der Waals surface area contributed by atoms with E-state index in [2.05, 4.69) is 46.4 Å². The third-order valence-corrected chi connectivity index (χ3v) is 6.10. The summed E-state index contributed by atoms with van der Waals surface area (Å²) in [5.74, 6) is 0. The Morgan fingerprint density at radius 3 is 2.78 bits per heavy atom. The summed E-state index contributed by atoms with van der Waals surface area (Å²) in [5.41, 5.74) is 3.67. The maximum absolute atomic E-state index is 10.9. The van der Waals surface area contributed by atoms with Gasteiger partial charge in [-0.15, -0.1) is 0 Å². The molecule has 0 atom stereocenters. The fourth-order valence-electron chi connectivity index (χ4n) is 3.53. The minimum Gasteiger partial charge on any atom is -0.359 e. The third kappa shape index (κ3) is 4.09. The van der Waals surface area contributed by atoms with Crippen LogP contribution in [-0.2, 0) is 6.54 Å². The molecule has 1 aliphatic heterocycles. The monoisotopic (exact) mass is 382 g/mol. The fraction of sp³-hybridized carbons (Fsp3) is 0.350. The summed E-state index contributed by atoms with van der Waals surface area (Å²) >= 11 is 1.49. The Morgan fingerprint density at radius 2 is 2.04 bits per heavy atom. The molecule has 0 radical (unpaired) electrons. The first-order chi connectivity index (χ1) is 13.1. The van der Waals surface area contributed by atoms with Gasteiger partial charge in [-0.25, -0.2) is 4.98 Å². The Hall–Kier alpha value is -2.51. The number of fused-ring (bicyclic) bond motifs is 1.